The van der Waals surface area contributed by atoms with Crippen molar-refractivity contribution in [2.75, 3.05) is 172 Å². The first-order valence-corrected chi connectivity index (χ1v) is 43.0. The van der Waals surface area contributed by atoms with Gasteiger partial charge in [-0.1, -0.05) is 11.2 Å². The number of imidazole rings is 3. The van der Waals surface area contributed by atoms with Gasteiger partial charge >= 0.3 is 0 Å². The minimum absolute atomic E-state index is 0.00427. The number of carbonyl (C=O) groups is 9. The normalized spacial score (nSPS) is 11.3. The van der Waals surface area contributed by atoms with Crippen molar-refractivity contribution in [3.63, 3.8) is 0 Å². The Morgan fingerprint density at radius 1 is 0.496 bits per heavy atom. The quantitative estimate of drug-likeness (QED) is 0.00762. The third kappa shape index (κ3) is 31.4. The summed E-state index contributed by atoms with van der Waals surface area (Å²) in [5.74, 6) is -3.41. The van der Waals surface area contributed by atoms with Crippen LogP contribution in [0.3, 0.4) is 0 Å². The number of fused-ring (bicyclic) bond motifs is 1. The molecule has 133 heavy (non-hydrogen) atoms. The summed E-state index contributed by atoms with van der Waals surface area (Å²) < 4.78 is 80.0. The molecule has 11 N–H and O–H groups in total. The van der Waals surface area contributed by atoms with E-state index in [0.29, 0.717) is 174 Å². The van der Waals surface area contributed by atoms with E-state index in [1.807, 2.05) is 0 Å². The predicted molar refractivity (Wildman–Crippen MR) is 486 cm³/mol. The van der Waals surface area contributed by atoms with Crippen LogP contribution in [0.2, 0.25) is 0 Å². The van der Waals surface area contributed by atoms with E-state index in [-0.39, 0.29) is 146 Å². The zero-order valence-corrected chi connectivity index (χ0v) is 75.6. The van der Waals surface area contributed by atoms with Crippen molar-refractivity contribution >= 4 is 92.8 Å². The van der Waals surface area contributed by atoms with E-state index < -0.39 is 52.9 Å². The lowest BCUT2D eigenvalue weighted by atomic mass is 9.93. The molecule has 712 valence electrons. The number of H-pyrrole nitrogens is 1. The zero-order valence-electron chi connectivity index (χ0n) is 75.6. The Bertz CT molecular complexity index is 5740. The lowest BCUT2D eigenvalue weighted by Crippen LogP contribution is -2.33. The molecule has 7 heterocycles. The molecule has 0 saturated carbocycles. The van der Waals surface area contributed by atoms with Gasteiger partial charge < -0.3 is 133 Å². The highest BCUT2D eigenvalue weighted by molar-refractivity contribution is 6.09. The number of rotatable bonds is 57. The van der Waals surface area contributed by atoms with E-state index in [0.717, 1.165) is 0 Å². The Balaban J connectivity index is 0.493. The number of unbranched alkanes of at least 4 members (excludes halogenated alkanes) is 1. The summed E-state index contributed by atoms with van der Waals surface area (Å²) in [7, 11) is 8.01. The number of pyridine rings is 1. The fourth-order valence-electron chi connectivity index (χ4n) is 13.4. The SMILES string of the molecule is Cc1cc(F)cc(C)c1Oc1ccc(C(C)(C)O)cc1-c1cn(C)c(=O)c2[nH]c(C(=O)Nc3ccc(OCCOCCOCCOCCOCCOCCOCCOCCOCCNC(=O)CCNC(=O)c4nc(NC(=O)CCNC(=O)c5cc(NC(=O)c6nc(NC(=O)CCNC(=O)c7cc(NC(=O)c8nccn8C)cn7C)cn6C)cn5CCCCN=[N+]=[N-])cn4C)cc3)cc12. The Hall–Kier alpha value is -14.0. The van der Waals surface area contributed by atoms with Gasteiger partial charge in [0.1, 0.15) is 52.3 Å². The molecule has 0 aliphatic carbocycles. The molecule has 7 aromatic heterocycles. The second kappa shape index (κ2) is 51.0. The van der Waals surface area contributed by atoms with Crippen molar-refractivity contribution in [1.82, 2.24) is 68.6 Å². The number of nitrogens with zero attached hydrogens (tertiary/aromatic N) is 12. The van der Waals surface area contributed by atoms with Crippen molar-refractivity contribution < 1.29 is 100 Å². The Morgan fingerprint density at radius 2 is 1.00 bits per heavy atom. The molecule has 9 amide bonds. The summed E-state index contributed by atoms with van der Waals surface area (Å²) in [4.78, 5) is 150. The van der Waals surface area contributed by atoms with E-state index in [9.17, 15) is 57.4 Å². The number of hydrogen-bond donors (Lipinski definition) is 11. The number of aromatic amines is 1. The van der Waals surface area contributed by atoms with Gasteiger partial charge in [0.25, 0.3) is 41.0 Å². The lowest BCUT2D eigenvalue weighted by Gasteiger charge is -2.22. The molecule has 0 bridgehead atoms. The number of azide groups is 1. The second-order valence-electron chi connectivity index (χ2n) is 30.9. The van der Waals surface area contributed by atoms with Gasteiger partial charge in [-0.2, -0.15) is 0 Å². The zero-order chi connectivity index (χ0) is 95.4. The summed E-state index contributed by atoms with van der Waals surface area (Å²) >= 11 is 0. The number of hydrogen-bond acceptors (Lipinski definition) is 25. The van der Waals surface area contributed by atoms with Gasteiger partial charge in [-0.25, -0.2) is 19.3 Å². The Kier molecular flexibility index (Phi) is 38.8. The van der Waals surface area contributed by atoms with Crippen LogP contribution >= 0.6 is 0 Å². The first-order chi connectivity index (χ1) is 64.0. The molecule has 0 atom stereocenters. The van der Waals surface area contributed by atoms with Crippen LogP contribution in [0, 0.1) is 19.7 Å². The number of aryl methyl sites for hydroxylation is 8. The second-order valence-corrected chi connectivity index (χ2v) is 30.9. The molecule has 0 radical (unpaired) electrons. The maximum absolute atomic E-state index is 14.3. The van der Waals surface area contributed by atoms with Gasteiger partial charge in [-0.15, -0.1) is 0 Å². The molecular formula is C89H113FN22O21. The molecule has 0 unspecified atom stereocenters. The Morgan fingerprint density at radius 3 is 1.55 bits per heavy atom. The van der Waals surface area contributed by atoms with Crippen molar-refractivity contribution in [3.05, 3.63) is 194 Å². The van der Waals surface area contributed by atoms with E-state index in [1.54, 1.807) is 145 Å². The maximum Gasteiger partial charge on any atom is 0.291 e. The Labute approximate surface area is 764 Å². The maximum atomic E-state index is 14.3. The van der Waals surface area contributed by atoms with E-state index in [1.165, 1.54) is 61.1 Å². The summed E-state index contributed by atoms with van der Waals surface area (Å²) in [5.41, 5.74) is 11.8. The van der Waals surface area contributed by atoms with Crippen LogP contribution in [0.1, 0.15) is 126 Å². The number of anilines is 5. The van der Waals surface area contributed by atoms with Gasteiger partial charge in [-0.05, 0) is 129 Å². The van der Waals surface area contributed by atoms with Gasteiger partial charge in [-0.3, -0.25) is 47.9 Å². The van der Waals surface area contributed by atoms with Crippen molar-refractivity contribution in [1.29, 1.82) is 0 Å². The number of carbonyl (C=O) groups excluding carboxylic acids is 9. The van der Waals surface area contributed by atoms with Crippen LogP contribution in [0.15, 0.2) is 126 Å². The topological polar surface area (TPSA) is 524 Å². The van der Waals surface area contributed by atoms with E-state index in [2.05, 4.69) is 77.8 Å². The molecule has 43 nitrogen and oxygen atoms in total. The van der Waals surface area contributed by atoms with Crippen LogP contribution in [0.4, 0.5) is 33.1 Å². The summed E-state index contributed by atoms with van der Waals surface area (Å²) in [5, 5.41) is 39.3. The van der Waals surface area contributed by atoms with Crippen LogP contribution in [-0.4, -0.2) is 251 Å². The number of ether oxygens (including phenoxy) is 10. The third-order valence-electron chi connectivity index (χ3n) is 20.1. The fourth-order valence-corrected chi connectivity index (χ4v) is 13.4. The smallest absolute Gasteiger partial charge is 0.291 e. The number of aromatic nitrogens is 10. The highest BCUT2D eigenvalue weighted by Crippen LogP contribution is 2.41. The van der Waals surface area contributed by atoms with Crippen molar-refractivity contribution in [2.45, 2.75) is 71.9 Å². The van der Waals surface area contributed by atoms with Crippen molar-refractivity contribution in [3.8, 4) is 28.4 Å². The molecule has 10 aromatic rings. The van der Waals surface area contributed by atoms with E-state index >= 15 is 0 Å². The minimum atomic E-state index is -1.23. The average Bonchev–Trinajstić information content (AvgIpc) is 1.64. The molecule has 0 aliphatic rings. The number of benzene rings is 3. The van der Waals surface area contributed by atoms with Crippen LogP contribution in [0.25, 0.3) is 32.5 Å². The molecular weight excluding hydrogens is 1730 g/mol. The largest absolute Gasteiger partial charge is 0.491 e. The van der Waals surface area contributed by atoms with E-state index in [4.69, 9.17) is 52.9 Å². The van der Waals surface area contributed by atoms with Gasteiger partial charge in [0.15, 0.2) is 17.5 Å². The van der Waals surface area contributed by atoms with Gasteiger partial charge in [0.05, 0.1) is 123 Å². The monoisotopic (exact) mass is 1840 g/mol. The number of amides is 9. The highest BCUT2D eigenvalue weighted by atomic mass is 19.1. The fraction of sp³-hybridized carbons (Fsp3) is 0.427. The van der Waals surface area contributed by atoms with Crippen LogP contribution < -0.4 is 62.9 Å². The van der Waals surface area contributed by atoms with Crippen LogP contribution in [-0.2, 0) is 99.7 Å². The molecule has 3 aromatic carbocycles. The minimum Gasteiger partial charge on any atom is -0.491 e. The summed E-state index contributed by atoms with van der Waals surface area (Å²) in [6.07, 6.45) is 11.4. The molecule has 0 aliphatic heterocycles. The first-order valence-electron chi connectivity index (χ1n) is 43.0. The molecule has 44 heteroatoms. The van der Waals surface area contributed by atoms with Gasteiger partial charge in [0, 0.05) is 164 Å². The molecule has 0 fully saturated rings. The van der Waals surface area contributed by atoms with Gasteiger partial charge in [0.2, 0.25) is 29.4 Å². The van der Waals surface area contributed by atoms with Crippen LogP contribution in [0.5, 0.6) is 17.2 Å². The molecule has 10 rings (SSSR count). The lowest BCUT2D eigenvalue weighted by molar-refractivity contribution is -0.121. The highest BCUT2D eigenvalue weighted by Gasteiger charge is 2.27. The average molecular weight is 1850 g/mol. The third-order valence-corrected chi connectivity index (χ3v) is 20.1. The summed E-state index contributed by atoms with van der Waals surface area (Å²) in [6.45, 7) is 13.4. The molecule has 0 saturated heterocycles. The number of nitrogens with one attached hydrogen (secondary N) is 10. The number of halogens is 1. The summed E-state index contributed by atoms with van der Waals surface area (Å²) in [6, 6.07) is 19.4. The van der Waals surface area contributed by atoms with Crippen molar-refractivity contribution in [2.24, 2.45) is 40.4 Å². The molecule has 0 spiro atoms. The first kappa shape index (κ1) is 101. The number of aliphatic hydroxyl groups is 1. The standard InChI is InChI=1S/C89H113FN22O21/c1-57-46-60(90)47-58(2)78(57)133-71-17-12-59(89(3,4)123)48-65(71)67-54-111(9)88(122)77-66(67)51-68(101-77)82(116)98-61-13-15-64(16-14-61)132-45-44-131-43-42-130-41-40-129-39-38-128-37-36-127-35-34-126-33-32-125-31-30-124-29-26-92-74(113)18-22-96-85(119)80-104-72(55-109(80)7)102-76(115)20-24-95-84(118)70-50-63(53-112(70)27-11-10-21-97-106-91)100-87(121)81-105-73(56-110(81)8)103-75(114)19-23-94-83(117)69-49-62(52-108(69)6)99-86(120)79-93-25-28-107(79)5/h12-17,25,28,46-56,101,123H,10-11,18-24,26-27,29-45H2,1-9H3,(H,92,113)(H,94,117)(H,95,118)(H,96,119)(H,98,116)(H,99,120)(H,100,121)(H,102,115)(H,103,114). The predicted octanol–water partition coefficient (Wildman–Crippen LogP) is 7.46.